The molecule has 0 saturated carbocycles. The lowest BCUT2D eigenvalue weighted by atomic mass is 10.2. The van der Waals surface area contributed by atoms with Crippen LogP contribution in [-0.4, -0.2) is 30.0 Å². The highest BCUT2D eigenvalue weighted by molar-refractivity contribution is 6.05. The molecular formula is C16H12F2N2O6. The number of hydrogen-bond acceptors (Lipinski definition) is 6. The molecule has 2 amide bonds. The fraction of sp³-hybridized carbons (Fsp3) is 0.125. The lowest BCUT2D eigenvalue weighted by Gasteiger charge is -2.08. The zero-order valence-electron chi connectivity index (χ0n) is 13.1. The van der Waals surface area contributed by atoms with E-state index in [0.29, 0.717) is 0 Å². The number of alkyl halides is 2. The summed E-state index contributed by atoms with van der Waals surface area (Å²) in [6.07, 6.45) is 0. The number of non-ortho nitro benzene ring substituents is 1. The van der Waals surface area contributed by atoms with Gasteiger partial charge < -0.3 is 9.47 Å². The molecule has 26 heavy (non-hydrogen) atoms. The molecule has 2 aromatic carbocycles. The average molecular weight is 366 g/mol. The van der Waals surface area contributed by atoms with Crippen LogP contribution in [0.4, 0.5) is 14.5 Å². The number of benzene rings is 2. The van der Waals surface area contributed by atoms with Crippen molar-refractivity contribution in [1.29, 1.82) is 0 Å². The number of carbonyl (C=O) groups excluding carboxylic acids is 2. The number of nitrogens with one attached hydrogen (secondary N) is 1. The Morgan fingerprint density at radius 3 is 2.15 bits per heavy atom. The van der Waals surface area contributed by atoms with Crippen molar-refractivity contribution in [2.45, 2.75) is 6.61 Å². The van der Waals surface area contributed by atoms with Crippen LogP contribution in [0.1, 0.15) is 10.4 Å². The van der Waals surface area contributed by atoms with Gasteiger partial charge in [0.05, 0.1) is 4.92 Å². The second-order valence-corrected chi connectivity index (χ2v) is 4.82. The van der Waals surface area contributed by atoms with Gasteiger partial charge in [-0.25, -0.2) is 0 Å². The van der Waals surface area contributed by atoms with E-state index < -0.39 is 30.0 Å². The molecule has 0 atom stereocenters. The number of carbonyl (C=O) groups is 2. The number of ether oxygens (including phenoxy) is 2. The minimum atomic E-state index is -2.98. The zero-order valence-corrected chi connectivity index (χ0v) is 13.1. The summed E-state index contributed by atoms with van der Waals surface area (Å²) in [4.78, 5) is 33.5. The second-order valence-electron chi connectivity index (χ2n) is 4.82. The molecule has 0 bridgehead atoms. The first-order valence-electron chi connectivity index (χ1n) is 7.11. The molecule has 0 aromatic heterocycles. The molecule has 10 heteroatoms. The van der Waals surface area contributed by atoms with E-state index in [2.05, 4.69) is 10.1 Å². The van der Waals surface area contributed by atoms with Gasteiger partial charge in [-0.15, -0.1) is 0 Å². The molecule has 2 aromatic rings. The van der Waals surface area contributed by atoms with Gasteiger partial charge in [0.2, 0.25) is 0 Å². The van der Waals surface area contributed by atoms with Crippen LogP contribution in [0.3, 0.4) is 0 Å². The van der Waals surface area contributed by atoms with Crippen LogP contribution in [0.5, 0.6) is 11.5 Å². The maximum atomic E-state index is 12.0. The van der Waals surface area contributed by atoms with Crippen molar-refractivity contribution in [3.63, 3.8) is 0 Å². The van der Waals surface area contributed by atoms with E-state index in [9.17, 15) is 28.5 Å². The van der Waals surface area contributed by atoms with Crippen LogP contribution in [0.2, 0.25) is 0 Å². The minimum absolute atomic E-state index is 0.0651. The SMILES string of the molecule is O=C(COc1ccc([N+](=O)[O-])cc1)NC(=O)c1ccc(OC(F)F)cc1. The Morgan fingerprint density at radius 1 is 1.04 bits per heavy atom. The summed E-state index contributed by atoms with van der Waals surface area (Å²) in [6.45, 7) is -3.47. The molecule has 8 nitrogen and oxygen atoms in total. The number of imide groups is 1. The maximum absolute atomic E-state index is 12.0. The summed E-state index contributed by atoms with van der Waals surface area (Å²) in [6, 6.07) is 9.82. The predicted octanol–water partition coefficient (Wildman–Crippen LogP) is 2.53. The number of halogens is 2. The van der Waals surface area contributed by atoms with Gasteiger partial charge in [0.25, 0.3) is 17.5 Å². The van der Waals surface area contributed by atoms with E-state index in [1.54, 1.807) is 0 Å². The monoisotopic (exact) mass is 366 g/mol. The summed E-state index contributed by atoms with van der Waals surface area (Å²) in [5.74, 6) is -1.40. The standard InChI is InChI=1S/C16H12F2N2O6/c17-16(18)26-13-5-1-10(2-6-13)15(22)19-14(21)9-25-12-7-3-11(4-8-12)20(23)24/h1-8,16H,9H2,(H,19,21,22). The first-order chi connectivity index (χ1) is 12.3. The first-order valence-corrected chi connectivity index (χ1v) is 7.11. The van der Waals surface area contributed by atoms with Crippen molar-refractivity contribution < 1.29 is 32.8 Å². The van der Waals surface area contributed by atoms with Crippen LogP contribution in [-0.2, 0) is 4.79 Å². The average Bonchev–Trinajstić information content (AvgIpc) is 2.60. The second kappa shape index (κ2) is 8.51. The highest BCUT2D eigenvalue weighted by Gasteiger charge is 2.12. The van der Waals surface area contributed by atoms with Crippen molar-refractivity contribution in [2.75, 3.05) is 6.61 Å². The third kappa shape index (κ3) is 5.51. The van der Waals surface area contributed by atoms with E-state index in [-0.39, 0.29) is 22.7 Å². The molecule has 0 aliphatic rings. The Labute approximate surface area is 145 Å². The van der Waals surface area contributed by atoms with Crippen molar-refractivity contribution in [1.82, 2.24) is 5.32 Å². The third-order valence-electron chi connectivity index (χ3n) is 3.01. The summed E-state index contributed by atoms with van der Waals surface area (Å²) in [5.41, 5.74) is -0.0634. The topological polar surface area (TPSA) is 108 Å². The quantitative estimate of drug-likeness (QED) is 0.596. The normalized spacial score (nSPS) is 10.3. The number of nitro groups is 1. The van der Waals surface area contributed by atoms with Gasteiger partial charge in [0.15, 0.2) is 6.61 Å². The zero-order chi connectivity index (χ0) is 19.1. The van der Waals surface area contributed by atoms with E-state index >= 15 is 0 Å². The molecule has 1 N–H and O–H groups in total. The van der Waals surface area contributed by atoms with E-state index in [4.69, 9.17) is 4.74 Å². The highest BCUT2D eigenvalue weighted by Crippen LogP contribution is 2.17. The summed E-state index contributed by atoms with van der Waals surface area (Å²) < 4.78 is 33.3. The van der Waals surface area contributed by atoms with Crippen LogP contribution in [0, 0.1) is 10.1 Å². The fourth-order valence-corrected chi connectivity index (χ4v) is 1.84. The highest BCUT2D eigenvalue weighted by atomic mass is 19.3. The summed E-state index contributed by atoms with van der Waals surface area (Å²) >= 11 is 0. The molecule has 0 spiro atoms. The Bertz CT molecular complexity index is 793. The predicted molar refractivity (Wildman–Crippen MR) is 84.1 cm³/mol. The Hall–Kier alpha value is -3.56. The van der Waals surface area contributed by atoms with E-state index in [1.165, 1.54) is 48.5 Å². The van der Waals surface area contributed by atoms with Gasteiger partial charge >= 0.3 is 6.61 Å². The largest absolute Gasteiger partial charge is 0.484 e. The van der Waals surface area contributed by atoms with Crippen LogP contribution in [0.15, 0.2) is 48.5 Å². The van der Waals surface area contributed by atoms with Gasteiger partial charge in [-0.2, -0.15) is 8.78 Å². The van der Waals surface area contributed by atoms with E-state index in [0.717, 1.165) is 0 Å². The molecule has 0 fully saturated rings. The van der Waals surface area contributed by atoms with Gasteiger partial charge in [-0.3, -0.25) is 25.0 Å². The molecule has 0 heterocycles. The van der Waals surface area contributed by atoms with E-state index in [1.807, 2.05) is 0 Å². The van der Waals surface area contributed by atoms with Gasteiger partial charge in [0, 0.05) is 17.7 Å². The summed E-state index contributed by atoms with van der Waals surface area (Å²) in [7, 11) is 0. The molecular weight excluding hydrogens is 354 g/mol. The fourth-order valence-electron chi connectivity index (χ4n) is 1.84. The minimum Gasteiger partial charge on any atom is -0.484 e. The first kappa shape index (κ1) is 18.8. The molecule has 0 saturated heterocycles. The molecule has 0 aliphatic carbocycles. The van der Waals surface area contributed by atoms with Gasteiger partial charge in [-0.05, 0) is 36.4 Å². The van der Waals surface area contributed by atoms with Crippen LogP contribution in [0.25, 0.3) is 0 Å². The molecule has 0 unspecified atom stereocenters. The van der Waals surface area contributed by atoms with Crippen molar-refractivity contribution >= 4 is 17.5 Å². The molecule has 0 aliphatic heterocycles. The van der Waals surface area contributed by atoms with Gasteiger partial charge in [-0.1, -0.05) is 0 Å². The number of rotatable bonds is 7. The maximum Gasteiger partial charge on any atom is 0.387 e. The van der Waals surface area contributed by atoms with Crippen molar-refractivity contribution in [3.8, 4) is 11.5 Å². The Morgan fingerprint density at radius 2 is 1.62 bits per heavy atom. The third-order valence-corrected chi connectivity index (χ3v) is 3.01. The van der Waals surface area contributed by atoms with Gasteiger partial charge in [0.1, 0.15) is 11.5 Å². The number of nitro benzene ring substituents is 1. The Balaban J connectivity index is 1.84. The van der Waals surface area contributed by atoms with Crippen LogP contribution >= 0.6 is 0 Å². The molecule has 2 rings (SSSR count). The van der Waals surface area contributed by atoms with Crippen molar-refractivity contribution in [3.05, 3.63) is 64.2 Å². The lowest BCUT2D eigenvalue weighted by Crippen LogP contribution is -2.34. The summed E-state index contributed by atoms with van der Waals surface area (Å²) in [5, 5.41) is 12.6. The van der Waals surface area contributed by atoms with Crippen LogP contribution < -0.4 is 14.8 Å². The molecule has 0 radical (unpaired) electrons. The lowest BCUT2D eigenvalue weighted by molar-refractivity contribution is -0.384. The Kier molecular flexibility index (Phi) is 6.15. The number of hydrogen-bond donors (Lipinski definition) is 1. The number of amides is 2. The number of nitrogens with zero attached hydrogens (tertiary/aromatic N) is 1. The smallest absolute Gasteiger partial charge is 0.387 e. The molecule has 136 valence electrons. The van der Waals surface area contributed by atoms with Crippen molar-refractivity contribution in [2.24, 2.45) is 0 Å².